The molecule has 2 rings (SSSR count). The maximum Gasteiger partial charge on any atom is 0.409 e. The van der Waals surface area contributed by atoms with Crippen LogP contribution in [0.1, 0.15) is 50.5 Å². The zero-order chi connectivity index (χ0) is 20.2. The smallest absolute Gasteiger partial charge is 0.409 e. The molecule has 0 aromatic heterocycles. The molecule has 0 aliphatic carbocycles. The van der Waals surface area contributed by atoms with E-state index in [1.54, 1.807) is 40.9 Å². The molecule has 0 amide bonds. The number of hydrogen-bond acceptors (Lipinski definition) is 6. The molecule has 0 fully saturated rings. The molecule has 0 unspecified atom stereocenters. The van der Waals surface area contributed by atoms with Crippen LogP contribution in [0.25, 0.3) is 0 Å². The number of ketones is 1. The highest BCUT2D eigenvalue weighted by Gasteiger charge is 2.39. The second-order valence-electron chi connectivity index (χ2n) is 6.93. The van der Waals surface area contributed by atoms with Gasteiger partial charge in [0.25, 0.3) is 0 Å². The van der Waals surface area contributed by atoms with Crippen LogP contribution in [0.2, 0.25) is 0 Å². The number of carbonyl (C=O) groups excluding carboxylic acids is 1. The number of methoxy groups -OCH3 is 1. The van der Waals surface area contributed by atoms with E-state index in [4.69, 9.17) is 18.5 Å². The summed E-state index contributed by atoms with van der Waals surface area (Å²) < 4.78 is 37.2. The zero-order valence-corrected chi connectivity index (χ0v) is 17.9. The lowest BCUT2D eigenvalue weighted by Gasteiger charge is -2.31. The average Bonchev–Trinajstić information content (AvgIpc) is 2.72. The van der Waals surface area contributed by atoms with Gasteiger partial charge >= 0.3 is 7.75 Å². The normalized spacial score (nSPS) is 15.8. The third kappa shape index (κ3) is 5.32. The average molecular weight is 399 g/mol. The van der Waals surface area contributed by atoms with E-state index < -0.39 is 7.75 Å². The molecule has 1 heterocycles. The second kappa shape index (κ2) is 9.20. The highest BCUT2D eigenvalue weighted by Crippen LogP contribution is 2.54. The van der Waals surface area contributed by atoms with Gasteiger partial charge in [0.05, 0.1) is 32.5 Å². The summed E-state index contributed by atoms with van der Waals surface area (Å²) in [5.74, 6) is 0.962. The maximum absolute atomic E-state index is 13.4. The fourth-order valence-corrected chi connectivity index (χ4v) is 5.00. The summed E-state index contributed by atoms with van der Waals surface area (Å²) in [6, 6.07) is 3.53. The predicted molar refractivity (Wildman–Crippen MR) is 104 cm³/mol. The van der Waals surface area contributed by atoms with Crippen molar-refractivity contribution in [2.75, 3.05) is 26.8 Å². The van der Waals surface area contributed by atoms with Crippen LogP contribution in [-0.4, -0.2) is 49.5 Å². The first-order valence-corrected chi connectivity index (χ1v) is 10.8. The van der Waals surface area contributed by atoms with E-state index in [-0.39, 0.29) is 24.5 Å². The minimum atomic E-state index is -3.59. The lowest BCUT2D eigenvalue weighted by molar-refractivity contribution is 0.0871. The Morgan fingerprint density at radius 1 is 1.11 bits per heavy atom. The number of hydrogen-bond donors (Lipinski definition) is 0. The molecular formula is C19H30NO6P. The number of carbonyl (C=O) groups is 1. The van der Waals surface area contributed by atoms with Gasteiger partial charge in [-0.25, -0.2) is 9.24 Å². The van der Waals surface area contributed by atoms with Crippen LogP contribution in [0.4, 0.5) is 0 Å². The van der Waals surface area contributed by atoms with Crippen molar-refractivity contribution in [3.8, 4) is 11.5 Å². The first-order valence-electron chi connectivity index (χ1n) is 9.29. The summed E-state index contributed by atoms with van der Waals surface area (Å²) in [4.78, 5) is 12.9. The standard InChI is InChI=1S/C19H30NO6P/c1-7-24-19-11-16-15(10-18(19)23-6)8-9-20(12-17(16)21)27(22,25-13(2)3)26-14(4)5/h10-11,13-14H,7-9,12H2,1-6H3. The van der Waals surface area contributed by atoms with E-state index in [1.165, 1.54) is 4.67 Å². The van der Waals surface area contributed by atoms with Crippen LogP contribution >= 0.6 is 7.75 Å². The monoisotopic (exact) mass is 399 g/mol. The number of rotatable bonds is 8. The van der Waals surface area contributed by atoms with Gasteiger partial charge in [0, 0.05) is 12.1 Å². The van der Waals surface area contributed by atoms with Crippen LogP contribution < -0.4 is 9.47 Å². The van der Waals surface area contributed by atoms with Crippen molar-refractivity contribution in [2.24, 2.45) is 0 Å². The third-order valence-corrected chi connectivity index (χ3v) is 6.40. The number of fused-ring (bicyclic) bond motifs is 1. The Bertz CT molecular complexity index is 704. The van der Waals surface area contributed by atoms with Gasteiger partial charge in [0.15, 0.2) is 17.3 Å². The Morgan fingerprint density at radius 3 is 2.26 bits per heavy atom. The molecule has 1 aliphatic rings. The van der Waals surface area contributed by atoms with Crippen LogP contribution in [0.5, 0.6) is 11.5 Å². The summed E-state index contributed by atoms with van der Waals surface area (Å²) in [6.07, 6.45) is -0.0589. The molecular weight excluding hydrogens is 369 g/mol. The fraction of sp³-hybridized carbons (Fsp3) is 0.632. The molecule has 0 bridgehead atoms. The summed E-state index contributed by atoms with van der Waals surface area (Å²) >= 11 is 0. The van der Waals surface area contributed by atoms with Gasteiger partial charge in [-0.3, -0.25) is 13.8 Å². The van der Waals surface area contributed by atoms with Crippen LogP contribution in [0.15, 0.2) is 12.1 Å². The predicted octanol–water partition coefficient (Wildman–Crippen LogP) is 4.09. The number of Topliss-reactive ketones (excluding diaryl/α,β-unsaturated/α-hetero) is 1. The fourth-order valence-electron chi connectivity index (χ4n) is 2.98. The number of ether oxygens (including phenoxy) is 2. The van der Waals surface area contributed by atoms with Crippen LogP contribution in [0, 0.1) is 0 Å². The van der Waals surface area contributed by atoms with Crippen LogP contribution in [0.3, 0.4) is 0 Å². The molecule has 152 valence electrons. The summed E-state index contributed by atoms with van der Waals surface area (Å²) in [5, 5.41) is 0. The van der Waals surface area contributed by atoms with E-state index in [9.17, 15) is 9.36 Å². The first kappa shape index (κ1) is 21.9. The summed E-state index contributed by atoms with van der Waals surface area (Å²) in [5.41, 5.74) is 1.39. The quantitative estimate of drug-likeness (QED) is 0.610. The maximum atomic E-state index is 13.4. The first-order chi connectivity index (χ1) is 12.7. The molecule has 0 spiro atoms. The van der Waals surface area contributed by atoms with Crippen LogP contribution in [-0.2, 0) is 20.0 Å². The minimum Gasteiger partial charge on any atom is -0.493 e. The van der Waals surface area contributed by atoms with Gasteiger partial charge in [0.1, 0.15) is 0 Å². The summed E-state index contributed by atoms with van der Waals surface area (Å²) in [7, 11) is -2.03. The topological polar surface area (TPSA) is 74.3 Å². The van der Waals surface area contributed by atoms with E-state index >= 15 is 0 Å². The molecule has 8 heteroatoms. The highest BCUT2D eigenvalue weighted by atomic mass is 31.2. The summed E-state index contributed by atoms with van der Waals surface area (Å²) in [6.45, 7) is 9.86. The van der Waals surface area contributed by atoms with Crippen molar-refractivity contribution in [1.29, 1.82) is 0 Å². The molecule has 0 radical (unpaired) electrons. The van der Waals surface area contributed by atoms with E-state index in [2.05, 4.69) is 0 Å². The molecule has 0 saturated heterocycles. The Labute approximate surface area is 161 Å². The van der Waals surface area contributed by atoms with Crippen molar-refractivity contribution < 1.29 is 27.9 Å². The molecule has 0 saturated carbocycles. The van der Waals surface area contributed by atoms with Gasteiger partial charge in [-0.15, -0.1) is 0 Å². The van der Waals surface area contributed by atoms with Gasteiger partial charge in [-0.05, 0) is 58.7 Å². The minimum absolute atomic E-state index is 0.0401. The van der Waals surface area contributed by atoms with Gasteiger partial charge in [0.2, 0.25) is 0 Å². The molecule has 1 aliphatic heterocycles. The molecule has 0 N–H and O–H groups in total. The van der Waals surface area contributed by atoms with Gasteiger partial charge in [-0.1, -0.05) is 0 Å². The van der Waals surface area contributed by atoms with Gasteiger partial charge in [-0.2, -0.15) is 0 Å². The zero-order valence-electron chi connectivity index (χ0n) is 17.0. The SMILES string of the molecule is CCOc1cc2c(cc1OC)CCN(P(=O)(OC(C)C)OC(C)C)CC2=O. The Hall–Kier alpha value is -1.40. The van der Waals surface area contributed by atoms with Crippen molar-refractivity contribution in [1.82, 2.24) is 4.67 Å². The second-order valence-corrected chi connectivity index (χ2v) is 8.86. The van der Waals surface area contributed by atoms with Crippen molar-refractivity contribution in [2.45, 2.75) is 53.2 Å². The number of nitrogens with zero attached hydrogens (tertiary/aromatic N) is 1. The Morgan fingerprint density at radius 2 is 1.74 bits per heavy atom. The molecule has 1 aromatic rings. The number of benzene rings is 1. The molecule has 1 aromatic carbocycles. The Balaban J connectivity index is 2.37. The van der Waals surface area contributed by atoms with Crippen molar-refractivity contribution >= 4 is 13.5 Å². The van der Waals surface area contributed by atoms with E-state index in [0.29, 0.717) is 36.6 Å². The third-order valence-electron chi connectivity index (χ3n) is 3.99. The lowest BCUT2D eigenvalue weighted by Crippen LogP contribution is -2.30. The van der Waals surface area contributed by atoms with E-state index in [1.807, 2.05) is 13.0 Å². The molecule has 7 nitrogen and oxygen atoms in total. The molecule has 27 heavy (non-hydrogen) atoms. The largest absolute Gasteiger partial charge is 0.493 e. The van der Waals surface area contributed by atoms with Crippen molar-refractivity contribution in [3.63, 3.8) is 0 Å². The van der Waals surface area contributed by atoms with Crippen molar-refractivity contribution in [3.05, 3.63) is 23.3 Å². The van der Waals surface area contributed by atoms with Gasteiger partial charge < -0.3 is 9.47 Å². The van der Waals surface area contributed by atoms with E-state index in [0.717, 1.165) is 5.56 Å². The Kier molecular flexibility index (Phi) is 7.46. The highest BCUT2D eigenvalue weighted by molar-refractivity contribution is 7.51. The lowest BCUT2D eigenvalue weighted by atomic mass is 10.0. The molecule has 0 atom stereocenters.